The Labute approximate surface area is 343 Å². The summed E-state index contributed by atoms with van der Waals surface area (Å²) < 4.78 is 7.10. The van der Waals surface area contributed by atoms with Gasteiger partial charge in [-0.05, 0) is 101 Å². The summed E-state index contributed by atoms with van der Waals surface area (Å²) in [5, 5.41) is 4.84. The van der Waals surface area contributed by atoms with Crippen LogP contribution in [0.2, 0.25) is 0 Å². The predicted molar refractivity (Wildman–Crippen MR) is 242 cm³/mol. The maximum absolute atomic E-state index is 7.10. The zero-order valence-corrected chi connectivity index (χ0v) is 32.2. The largest absolute Gasteiger partial charge is 0.456 e. The van der Waals surface area contributed by atoms with Crippen LogP contribution in [0.15, 0.2) is 218 Å². The van der Waals surface area contributed by atoms with Crippen LogP contribution in [0.4, 0.5) is 0 Å². The first-order valence-electron chi connectivity index (χ1n) is 20.6. The van der Waals surface area contributed by atoms with Crippen molar-refractivity contribution < 1.29 is 4.74 Å². The minimum Gasteiger partial charge on any atom is -0.456 e. The Morgan fingerprint density at radius 2 is 0.864 bits per heavy atom. The molecule has 1 unspecified atom stereocenters. The molecule has 0 saturated heterocycles. The van der Waals surface area contributed by atoms with Crippen molar-refractivity contribution in [1.82, 2.24) is 0 Å². The van der Waals surface area contributed by atoms with Crippen molar-refractivity contribution in [3.8, 4) is 44.9 Å². The van der Waals surface area contributed by atoms with Gasteiger partial charge in [-0.25, -0.2) is 0 Å². The van der Waals surface area contributed by atoms with Crippen LogP contribution in [0.25, 0.3) is 54.9 Å². The molecule has 2 aliphatic carbocycles. The van der Waals surface area contributed by atoms with Gasteiger partial charge >= 0.3 is 0 Å². The van der Waals surface area contributed by atoms with Gasteiger partial charge in [-0.15, -0.1) is 0 Å². The normalized spacial score (nSPS) is 16.1. The van der Waals surface area contributed by atoms with Crippen LogP contribution in [0, 0.1) is 0 Å². The number of rotatable bonds is 3. The number of ether oxygens (including phenoxy) is 1. The fourth-order valence-corrected chi connectivity index (χ4v) is 11.3. The SMILES string of the molecule is c1ccc(C2(c3cccc(-c4ccc5c(c4)C4(c6ccccc6-c6ccccc64)c4ccc6ccccc6c4O5)c3)c3ccccc3-c3ccc4ccccc4c32)cc1. The van der Waals surface area contributed by atoms with E-state index in [9.17, 15) is 0 Å². The Kier molecular flexibility index (Phi) is 6.64. The highest BCUT2D eigenvalue weighted by molar-refractivity contribution is 6.01. The van der Waals surface area contributed by atoms with E-state index >= 15 is 0 Å². The Balaban J connectivity index is 1.08. The highest BCUT2D eigenvalue weighted by Gasteiger charge is 2.52. The Bertz CT molecular complexity index is 3330. The van der Waals surface area contributed by atoms with Gasteiger partial charge in [-0.2, -0.15) is 0 Å². The molecule has 1 spiro atoms. The van der Waals surface area contributed by atoms with E-state index in [1.807, 2.05) is 0 Å². The number of benzene rings is 10. The summed E-state index contributed by atoms with van der Waals surface area (Å²) in [6.45, 7) is 0. The van der Waals surface area contributed by atoms with Crippen molar-refractivity contribution in [2.24, 2.45) is 0 Å². The Hall–Kier alpha value is -7.48. The van der Waals surface area contributed by atoms with Gasteiger partial charge in [-0.1, -0.05) is 200 Å². The van der Waals surface area contributed by atoms with E-state index in [0.29, 0.717) is 0 Å². The smallest absolute Gasteiger partial charge is 0.140 e. The van der Waals surface area contributed by atoms with Crippen molar-refractivity contribution in [3.05, 3.63) is 263 Å². The fraction of sp³-hybridized carbons (Fsp3) is 0.0345. The van der Waals surface area contributed by atoms with Crippen molar-refractivity contribution in [2.75, 3.05) is 0 Å². The molecule has 1 heterocycles. The predicted octanol–water partition coefficient (Wildman–Crippen LogP) is 14.5. The van der Waals surface area contributed by atoms with Crippen LogP contribution in [-0.2, 0) is 10.8 Å². The molecule has 274 valence electrons. The Morgan fingerprint density at radius 3 is 1.61 bits per heavy atom. The van der Waals surface area contributed by atoms with E-state index in [1.165, 1.54) is 88.5 Å². The number of hydrogen-bond acceptors (Lipinski definition) is 1. The van der Waals surface area contributed by atoms with Gasteiger partial charge < -0.3 is 4.74 Å². The lowest BCUT2D eigenvalue weighted by atomic mass is 9.65. The molecule has 0 bridgehead atoms. The van der Waals surface area contributed by atoms with E-state index in [-0.39, 0.29) is 0 Å². The quantitative estimate of drug-likeness (QED) is 0.175. The molecule has 0 aromatic heterocycles. The monoisotopic (exact) mass is 748 g/mol. The molecule has 3 aliphatic rings. The van der Waals surface area contributed by atoms with Crippen LogP contribution in [0.1, 0.15) is 44.5 Å². The third-order valence-electron chi connectivity index (χ3n) is 13.6. The van der Waals surface area contributed by atoms with Gasteiger partial charge in [0.05, 0.1) is 10.8 Å². The molecule has 59 heavy (non-hydrogen) atoms. The lowest BCUT2D eigenvalue weighted by Crippen LogP contribution is -2.32. The number of fused-ring (bicyclic) bond motifs is 16. The summed E-state index contributed by atoms with van der Waals surface area (Å²) in [5.41, 5.74) is 16.5. The molecule has 0 amide bonds. The molecule has 13 rings (SSSR count). The average Bonchev–Trinajstić information content (AvgIpc) is 3.78. The second kappa shape index (κ2) is 12.0. The topological polar surface area (TPSA) is 9.23 Å². The summed E-state index contributed by atoms with van der Waals surface area (Å²) in [4.78, 5) is 0. The van der Waals surface area contributed by atoms with Gasteiger partial charge in [0.15, 0.2) is 0 Å². The molecule has 0 radical (unpaired) electrons. The highest BCUT2D eigenvalue weighted by Crippen LogP contribution is 2.64. The van der Waals surface area contributed by atoms with Crippen molar-refractivity contribution in [1.29, 1.82) is 0 Å². The van der Waals surface area contributed by atoms with Crippen molar-refractivity contribution in [3.63, 3.8) is 0 Å². The van der Waals surface area contributed by atoms with Crippen molar-refractivity contribution in [2.45, 2.75) is 10.8 Å². The maximum Gasteiger partial charge on any atom is 0.140 e. The summed E-state index contributed by atoms with van der Waals surface area (Å²) >= 11 is 0. The molecule has 10 aromatic rings. The molecular weight excluding hydrogens is 713 g/mol. The molecule has 0 N–H and O–H groups in total. The zero-order chi connectivity index (χ0) is 38.7. The molecular formula is C58H36O. The third-order valence-corrected chi connectivity index (χ3v) is 13.6. The van der Waals surface area contributed by atoms with Crippen LogP contribution < -0.4 is 4.74 Å². The van der Waals surface area contributed by atoms with Crippen LogP contribution in [0.5, 0.6) is 11.5 Å². The standard InChI is InChI=1S/C58H36O/c1-2-18-41(19-3-1)57(49-26-11-10-25-47(49)48-32-29-37-15-4-6-21-43(37)55(48)57)42-20-14-17-39(35-42)40-31-34-54-53(36-40)58(52-33-30-38-16-5-7-22-44(38)56(52)59-54)50-27-12-8-23-45(50)46-24-9-13-28-51(46)58/h1-36H. The Morgan fingerprint density at radius 1 is 0.305 bits per heavy atom. The summed E-state index contributed by atoms with van der Waals surface area (Å²) in [5.74, 6) is 1.83. The van der Waals surface area contributed by atoms with Gasteiger partial charge in [0.1, 0.15) is 11.5 Å². The lowest BCUT2D eigenvalue weighted by Gasteiger charge is -2.40. The first-order valence-corrected chi connectivity index (χ1v) is 20.6. The molecule has 0 saturated carbocycles. The van der Waals surface area contributed by atoms with E-state index in [1.54, 1.807) is 0 Å². The second-order valence-electron chi connectivity index (χ2n) is 16.3. The van der Waals surface area contributed by atoms with Crippen LogP contribution in [0.3, 0.4) is 0 Å². The molecule has 10 aromatic carbocycles. The number of hydrogen-bond donors (Lipinski definition) is 0. The van der Waals surface area contributed by atoms with E-state index in [0.717, 1.165) is 22.4 Å². The summed E-state index contributed by atoms with van der Waals surface area (Å²) in [6, 6.07) is 81.1. The van der Waals surface area contributed by atoms with Crippen LogP contribution >= 0.6 is 0 Å². The van der Waals surface area contributed by atoms with Gasteiger partial charge in [0.2, 0.25) is 0 Å². The zero-order valence-electron chi connectivity index (χ0n) is 32.2. The fourth-order valence-electron chi connectivity index (χ4n) is 11.3. The highest BCUT2D eigenvalue weighted by atomic mass is 16.5. The first kappa shape index (κ1) is 32.6. The summed E-state index contributed by atoms with van der Waals surface area (Å²) in [6.07, 6.45) is 0. The van der Waals surface area contributed by atoms with Crippen LogP contribution in [-0.4, -0.2) is 0 Å². The van der Waals surface area contributed by atoms with Crippen molar-refractivity contribution >= 4 is 21.5 Å². The van der Waals surface area contributed by atoms with E-state index in [4.69, 9.17) is 4.74 Å². The summed E-state index contributed by atoms with van der Waals surface area (Å²) in [7, 11) is 0. The minimum absolute atomic E-state index is 0.536. The van der Waals surface area contributed by atoms with Gasteiger partial charge in [0, 0.05) is 16.5 Å². The lowest BCUT2D eigenvalue weighted by molar-refractivity contribution is 0.442. The second-order valence-corrected chi connectivity index (χ2v) is 16.3. The van der Waals surface area contributed by atoms with Gasteiger partial charge in [-0.3, -0.25) is 0 Å². The molecule has 0 fully saturated rings. The molecule has 1 atom stereocenters. The maximum atomic E-state index is 7.10. The first-order chi connectivity index (χ1) is 29.3. The molecule has 1 heteroatoms. The average molecular weight is 749 g/mol. The van der Waals surface area contributed by atoms with E-state index < -0.39 is 10.8 Å². The van der Waals surface area contributed by atoms with Gasteiger partial charge in [0.25, 0.3) is 0 Å². The molecule has 1 nitrogen and oxygen atoms in total. The minimum atomic E-state index is -0.568. The molecule has 1 aliphatic heterocycles. The third kappa shape index (κ3) is 4.19. The van der Waals surface area contributed by atoms with E-state index in [2.05, 4.69) is 218 Å².